The Kier molecular flexibility index (Phi) is 7.17. The van der Waals surface area contributed by atoms with E-state index in [1.807, 2.05) is 42.5 Å². The summed E-state index contributed by atoms with van der Waals surface area (Å²) in [5.74, 6) is 0.728. The molecule has 4 nitrogen and oxygen atoms in total. The first-order valence-corrected chi connectivity index (χ1v) is 13.5. The summed E-state index contributed by atoms with van der Waals surface area (Å²) < 4.78 is 18.5. The van der Waals surface area contributed by atoms with Gasteiger partial charge in [0.2, 0.25) is 0 Å². The van der Waals surface area contributed by atoms with Crippen molar-refractivity contribution in [2.75, 3.05) is 7.11 Å². The van der Waals surface area contributed by atoms with Crippen LogP contribution in [0.1, 0.15) is 26.3 Å². The van der Waals surface area contributed by atoms with E-state index < -0.39 is 20.5 Å². The number of rotatable bonds is 8. The third-order valence-corrected chi connectivity index (χ3v) is 11.4. The predicted molar refractivity (Wildman–Crippen MR) is 138 cm³/mol. The van der Waals surface area contributed by atoms with Gasteiger partial charge in [-0.15, -0.1) is 0 Å². The van der Waals surface area contributed by atoms with Gasteiger partial charge in [-0.3, -0.25) is 4.79 Å². The quantitative estimate of drug-likeness (QED) is 0.447. The number of hydrogen-bond acceptors (Lipinski definition) is 4. The average molecular weight is 473 g/mol. The molecule has 0 aromatic heterocycles. The van der Waals surface area contributed by atoms with Crippen molar-refractivity contribution in [3.8, 4) is 5.75 Å². The van der Waals surface area contributed by atoms with Crippen LogP contribution in [0.3, 0.4) is 0 Å². The molecule has 0 N–H and O–H groups in total. The van der Waals surface area contributed by atoms with Gasteiger partial charge in [-0.25, -0.2) is 0 Å². The summed E-state index contributed by atoms with van der Waals surface area (Å²) in [5, 5.41) is 2.17. The van der Waals surface area contributed by atoms with Crippen molar-refractivity contribution in [2.45, 2.75) is 44.6 Å². The van der Waals surface area contributed by atoms with Crippen molar-refractivity contribution in [2.24, 2.45) is 0 Å². The molecule has 0 amide bonds. The summed E-state index contributed by atoms with van der Waals surface area (Å²) >= 11 is 0. The molecule has 5 heteroatoms. The van der Waals surface area contributed by atoms with E-state index in [0.29, 0.717) is 6.61 Å². The van der Waals surface area contributed by atoms with Crippen LogP contribution in [0.4, 0.5) is 0 Å². The Morgan fingerprint density at radius 3 is 1.88 bits per heavy atom. The summed E-state index contributed by atoms with van der Waals surface area (Å²) in [4.78, 5) is 12.8. The fourth-order valence-electron chi connectivity index (χ4n) is 4.63. The zero-order valence-corrected chi connectivity index (χ0v) is 21.2. The second kappa shape index (κ2) is 10.1. The monoisotopic (exact) mass is 472 g/mol. The van der Waals surface area contributed by atoms with Crippen LogP contribution >= 0.6 is 0 Å². The van der Waals surface area contributed by atoms with Gasteiger partial charge >= 0.3 is 0 Å². The molecule has 176 valence electrons. The smallest absolute Gasteiger partial charge is 0.262 e. The van der Waals surface area contributed by atoms with Gasteiger partial charge < -0.3 is 13.9 Å². The number of methoxy groups -OCH3 is 1. The fourth-order valence-corrected chi connectivity index (χ4v) is 9.25. The lowest BCUT2D eigenvalue weighted by Crippen LogP contribution is -2.68. The minimum absolute atomic E-state index is 0.0588. The van der Waals surface area contributed by atoms with Crippen molar-refractivity contribution in [3.05, 3.63) is 103 Å². The maximum atomic E-state index is 12.8. The first-order valence-electron chi connectivity index (χ1n) is 11.6. The van der Waals surface area contributed by atoms with Crippen molar-refractivity contribution in [1.82, 2.24) is 0 Å². The van der Waals surface area contributed by atoms with Crippen LogP contribution < -0.4 is 15.1 Å². The normalized spacial score (nSPS) is 18.3. The Hall–Kier alpha value is -2.99. The van der Waals surface area contributed by atoms with E-state index in [4.69, 9.17) is 13.9 Å². The third-order valence-electron chi connectivity index (χ3n) is 6.35. The third kappa shape index (κ3) is 4.78. The molecule has 0 unspecified atom stereocenters. The minimum Gasteiger partial charge on any atom is -0.497 e. The highest BCUT2D eigenvalue weighted by Crippen LogP contribution is 2.38. The highest BCUT2D eigenvalue weighted by atomic mass is 28.4. The highest BCUT2D eigenvalue weighted by molar-refractivity contribution is 6.99. The lowest BCUT2D eigenvalue weighted by Gasteiger charge is -2.45. The van der Waals surface area contributed by atoms with E-state index in [1.165, 1.54) is 10.4 Å². The number of benzene rings is 3. The average Bonchev–Trinajstić information content (AvgIpc) is 3.20. The molecular formula is C29H32O4Si. The van der Waals surface area contributed by atoms with Crippen LogP contribution in [0.5, 0.6) is 5.75 Å². The molecule has 0 saturated carbocycles. The lowest BCUT2D eigenvalue weighted by molar-refractivity contribution is -0.129. The van der Waals surface area contributed by atoms with Gasteiger partial charge in [-0.05, 0) is 39.2 Å². The molecular weight excluding hydrogens is 440 g/mol. The first kappa shape index (κ1) is 24.1. The van der Waals surface area contributed by atoms with Crippen LogP contribution in [0.15, 0.2) is 97.1 Å². The molecule has 4 rings (SSSR count). The van der Waals surface area contributed by atoms with Crippen LogP contribution in [-0.4, -0.2) is 33.4 Å². The van der Waals surface area contributed by atoms with Crippen LogP contribution in [-0.2, 0) is 20.6 Å². The highest BCUT2D eigenvalue weighted by Gasteiger charge is 2.53. The summed E-state index contributed by atoms with van der Waals surface area (Å²) in [6.45, 7) is 7.01. The Bertz CT molecular complexity index is 1080. The molecule has 0 radical (unpaired) electrons. The Labute approximate surface area is 203 Å². The zero-order chi connectivity index (χ0) is 24.2. The Balaban J connectivity index is 1.67. The number of hydrogen-bond donors (Lipinski definition) is 0. The molecule has 3 aromatic rings. The van der Waals surface area contributed by atoms with E-state index >= 15 is 0 Å². The van der Waals surface area contributed by atoms with E-state index in [9.17, 15) is 4.79 Å². The van der Waals surface area contributed by atoms with Crippen LogP contribution in [0, 0.1) is 0 Å². The molecule has 0 spiro atoms. The molecule has 1 aliphatic rings. The molecule has 0 fully saturated rings. The van der Waals surface area contributed by atoms with Gasteiger partial charge in [0.25, 0.3) is 8.32 Å². The van der Waals surface area contributed by atoms with Crippen LogP contribution in [0.25, 0.3) is 0 Å². The summed E-state index contributed by atoms with van der Waals surface area (Å²) in [6, 6.07) is 28.6. The van der Waals surface area contributed by atoms with Gasteiger partial charge in [-0.1, -0.05) is 99.6 Å². The lowest BCUT2D eigenvalue weighted by atomic mass is 10.2. The van der Waals surface area contributed by atoms with Gasteiger partial charge in [0, 0.05) is 0 Å². The molecule has 34 heavy (non-hydrogen) atoms. The van der Waals surface area contributed by atoms with Gasteiger partial charge in [0.1, 0.15) is 11.9 Å². The maximum absolute atomic E-state index is 12.8. The van der Waals surface area contributed by atoms with Crippen molar-refractivity contribution >= 4 is 24.5 Å². The SMILES string of the molecule is COc1ccc(CO[C@@H]2C(=O)C=C[C@H]2O[Si](c2ccccc2)(c2ccccc2)C(C)(C)C)cc1. The molecule has 1 aliphatic carbocycles. The molecule has 2 atom stereocenters. The molecule has 0 aliphatic heterocycles. The largest absolute Gasteiger partial charge is 0.497 e. The molecule has 0 saturated heterocycles. The minimum atomic E-state index is -2.81. The molecule has 0 heterocycles. The predicted octanol–water partition coefficient (Wildman–Crippen LogP) is 4.66. The second-order valence-electron chi connectivity index (χ2n) is 9.59. The van der Waals surface area contributed by atoms with E-state index in [-0.39, 0.29) is 10.8 Å². The standard InChI is InChI=1S/C29H32O4Si/c1-29(2,3)34(24-11-7-5-8-12-24,25-13-9-6-10-14-25)33-27-20-19-26(30)28(27)32-21-22-15-17-23(31-4)18-16-22/h5-20,27-28H,21H2,1-4H3/t27-,28-/m1/s1. The van der Waals surface area contributed by atoms with Crippen molar-refractivity contribution in [1.29, 1.82) is 0 Å². The Morgan fingerprint density at radius 1 is 0.824 bits per heavy atom. The zero-order valence-electron chi connectivity index (χ0n) is 20.2. The fraction of sp³-hybridized carbons (Fsp3) is 0.276. The Morgan fingerprint density at radius 2 is 1.38 bits per heavy atom. The van der Waals surface area contributed by atoms with Gasteiger partial charge in [0.05, 0.1) is 19.8 Å². The topological polar surface area (TPSA) is 44.8 Å². The van der Waals surface area contributed by atoms with Gasteiger partial charge in [0.15, 0.2) is 5.78 Å². The number of carbonyl (C=O) groups is 1. The number of ether oxygens (including phenoxy) is 2. The molecule has 3 aromatic carbocycles. The summed E-state index contributed by atoms with van der Waals surface area (Å²) in [6.07, 6.45) is 2.32. The first-order chi connectivity index (χ1) is 16.3. The maximum Gasteiger partial charge on any atom is 0.262 e. The van der Waals surface area contributed by atoms with E-state index in [2.05, 4.69) is 69.3 Å². The second-order valence-corrected chi connectivity index (χ2v) is 13.8. The number of carbonyl (C=O) groups excluding carboxylic acids is 1. The number of ketones is 1. The van der Waals surface area contributed by atoms with E-state index in [1.54, 1.807) is 13.2 Å². The van der Waals surface area contributed by atoms with Crippen molar-refractivity contribution in [3.63, 3.8) is 0 Å². The van der Waals surface area contributed by atoms with Gasteiger partial charge in [-0.2, -0.15) is 0 Å². The summed E-state index contributed by atoms with van der Waals surface area (Å²) in [5.41, 5.74) is 0.977. The van der Waals surface area contributed by atoms with Crippen molar-refractivity contribution < 1.29 is 18.7 Å². The van der Waals surface area contributed by atoms with Crippen LogP contribution in [0.2, 0.25) is 5.04 Å². The molecule has 0 bridgehead atoms. The van der Waals surface area contributed by atoms with E-state index in [0.717, 1.165) is 11.3 Å². The summed E-state index contributed by atoms with van der Waals surface area (Å²) in [7, 11) is -1.17.